The van der Waals surface area contributed by atoms with Gasteiger partial charge in [-0.25, -0.2) is 15.0 Å². The van der Waals surface area contributed by atoms with Crippen LogP contribution in [0.2, 0.25) is 0 Å². The summed E-state index contributed by atoms with van der Waals surface area (Å²) in [6.45, 7) is 0. The van der Waals surface area contributed by atoms with Crippen LogP contribution in [0.5, 0.6) is 0 Å². The lowest BCUT2D eigenvalue weighted by Crippen LogP contribution is -2.00. The lowest BCUT2D eigenvalue weighted by atomic mass is 10.0. The van der Waals surface area contributed by atoms with Crippen LogP contribution in [-0.2, 0) is 0 Å². The third kappa shape index (κ3) is 5.62. The van der Waals surface area contributed by atoms with Gasteiger partial charge in [-0.05, 0) is 83.9 Å². The molecule has 13 rings (SSSR count). The first-order valence-corrected chi connectivity index (χ1v) is 21.2. The van der Waals surface area contributed by atoms with E-state index in [2.05, 4.69) is 185 Å². The molecule has 0 bridgehead atoms. The summed E-state index contributed by atoms with van der Waals surface area (Å²) in [6.07, 6.45) is 0. The predicted molar refractivity (Wildman–Crippen MR) is 258 cm³/mol. The average molecular weight is 806 g/mol. The molecule has 0 amide bonds. The van der Waals surface area contributed by atoms with E-state index in [9.17, 15) is 0 Å². The Balaban J connectivity index is 1.02. The maximum atomic E-state index is 6.93. The molecule has 0 aliphatic carbocycles. The molecule has 0 saturated heterocycles. The minimum Gasteiger partial charge on any atom is -0.454 e. The Morgan fingerprint density at radius 2 is 0.857 bits per heavy atom. The fourth-order valence-electron chi connectivity index (χ4n) is 9.46. The normalized spacial score (nSPS) is 11.8. The standard InChI is InChI=1S/C57H35N5O/c1-4-15-36(16-5-1)38-19-14-20-39(33-38)56-58-55(37-17-6-2-7-18-37)59-57(60-56)40-27-31-51-47(34-40)45-29-30-46-48-35-42(61-49-25-12-10-23-43(49)44-24-11-13-26-50(44)61)28-32-52(48)63-54(46)53(45)62(51)41-21-8-3-9-22-41/h1-35H. The minimum absolute atomic E-state index is 0.605. The highest BCUT2D eigenvalue weighted by molar-refractivity contribution is 6.22. The Kier molecular flexibility index (Phi) is 7.80. The molecule has 6 nitrogen and oxygen atoms in total. The van der Waals surface area contributed by atoms with E-state index in [1.165, 1.54) is 21.8 Å². The van der Waals surface area contributed by atoms with Gasteiger partial charge in [0.2, 0.25) is 0 Å². The van der Waals surface area contributed by atoms with E-state index in [1.807, 2.05) is 36.4 Å². The maximum Gasteiger partial charge on any atom is 0.164 e. The van der Waals surface area contributed by atoms with Gasteiger partial charge in [-0.15, -0.1) is 0 Å². The highest BCUT2D eigenvalue weighted by atomic mass is 16.3. The molecule has 294 valence electrons. The second kappa shape index (κ2) is 14.0. The molecule has 4 heterocycles. The number of fused-ring (bicyclic) bond motifs is 10. The first kappa shape index (κ1) is 35.2. The van der Waals surface area contributed by atoms with Crippen LogP contribution in [0.3, 0.4) is 0 Å². The van der Waals surface area contributed by atoms with Crippen molar-refractivity contribution in [2.75, 3.05) is 0 Å². The van der Waals surface area contributed by atoms with Crippen molar-refractivity contribution in [2.45, 2.75) is 0 Å². The number of furan rings is 1. The first-order chi connectivity index (χ1) is 31.2. The Labute approximate surface area is 361 Å². The Hall–Kier alpha value is -8.61. The van der Waals surface area contributed by atoms with Crippen LogP contribution in [-0.4, -0.2) is 24.1 Å². The van der Waals surface area contributed by atoms with Gasteiger partial charge < -0.3 is 13.6 Å². The number of hydrogen-bond donors (Lipinski definition) is 0. The highest BCUT2D eigenvalue weighted by Gasteiger charge is 2.22. The van der Waals surface area contributed by atoms with Crippen molar-refractivity contribution in [3.8, 4) is 56.7 Å². The number of para-hydroxylation sites is 3. The summed E-state index contributed by atoms with van der Waals surface area (Å²) in [5, 5.41) is 6.76. The molecule has 63 heavy (non-hydrogen) atoms. The number of nitrogens with zero attached hydrogens (tertiary/aromatic N) is 5. The molecule has 0 radical (unpaired) electrons. The lowest BCUT2D eigenvalue weighted by Gasteiger charge is -2.10. The van der Waals surface area contributed by atoms with Crippen molar-refractivity contribution in [2.24, 2.45) is 0 Å². The van der Waals surface area contributed by atoms with Crippen LogP contribution < -0.4 is 0 Å². The van der Waals surface area contributed by atoms with Gasteiger partial charge in [0.1, 0.15) is 5.58 Å². The van der Waals surface area contributed by atoms with Crippen molar-refractivity contribution in [3.05, 3.63) is 212 Å². The van der Waals surface area contributed by atoms with Crippen molar-refractivity contribution in [3.63, 3.8) is 0 Å². The summed E-state index contributed by atoms with van der Waals surface area (Å²) < 4.78 is 11.6. The van der Waals surface area contributed by atoms with Crippen molar-refractivity contribution in [1.82, 2.24) is 24.1 Å². The summed E-state index contributed by atoms with van der Waals surface area (Å²) >= 11 is 0. The molecule has 6 heteroatoms. The van der Waals surface area contributed by atoms with Crippen molar-refractivity contribution < 1.29 is 4.42 Å². The Morgan fingerprint density at radius 3 is 1.57 bits per heavy atom. The van der Waals surface area contributed by atoms with Crippen LogP contribution in [0.4, 0.5) is 0 Å². The molecule has 0 aliphatic heterocycles. The maximum absolute atomic E-state index is 6.93. The van der Waals surface area contributed by atoms with Gasteiger partial charge in [0.05, 0.1) is 22.1 Å². The summed E-state index contributed by atoms with van der Waals surface area (Å²) in [5.41, 5.74) is 13.2. The summed E-state index contributed by atoms with van der Waals surface area (Å²) in [7, 11) is 0. The van der Waals surface area contributed by atoms with Crippen LogP contribution in [0.1, 0.15) is 0 Å². The van der Waals surface area contributed by atoms with Gasteiger partial charge in [-0.3, -0.25) is 0 Å². The Morgan fingerprint density at radius 1 is 0.302 bits per heavy atom. The zero-order valence-electron chi connectivity index (χ0n) is 33.9. The second-order valence-corrected chi connectivity index (χ2v) is 16.0. The van der Waals surface area contributed by atoms with Crippen molar-refractivity contribution >= 4 is 65.6 Å². The van der Waals surface area contributed by atoms with Gasteiger partial charge in [-0.2, -0.15) is 0 Å². The van der Waals surface area contributed by atoms with Gasteiger partial charge in [-0.1, -0.05) is 140 Å². The predicted octanol–water partition coefficient (Wildman–Crippen LogP) is 14.6. The van der Waals surface area contributed by atoms with E-state index in [1.54, 1.807) is 0 Å². The van der Waals surface area contributed by atoms with E-state index in [0.717, 1.165) is 82.9 Å². The van der Waals surface area contributed by atoms with E-state index >= 15 is 0 Å². The first-order valence-electron chi connectivity index (χ1n) is 21.2. The van der Waals surface area contributed by atoms with Crippen LogP contribution >= 0.6 is 0 Å². The third-order valence-corrected chi connectivity index (χ3v) is 12.4. The summed E-state index contributed by atoms with van der Waals surface area (Å²) in [4.78, 5) is 15.4. The zero-order valence-corrected chi connectivity index (χ0v) is 33.9. The topological polar surface area (TPSA) is 61.7 Å². The number of aromatic nitrogens is 5. The molecule has 0 atom stereocenters. The van der Waals surface area contributed by atoms with E-state index < -0.39 is 0 Å². The molecule has 0 unspecified atom stereocenters. The fraction of sp³-hybridized carbons (Fsp3) is 0. The van der Waals surface area contributed by atoms with Crippen molar-refractivity contribution in [1.29, 1.82) is 0 Å². The third-order valence-electron chi connectivity index (χ3n) is 12.4. The van der Waals surface area contributed by atoms with E-state index in [0.29, 0.717) is 17.5 Å². The molecule has 4 aromatic heterocycles. The SMILES string of the molecule is c1ccc(-c2cccc(-c3nc(-c4ccccc4)nc(-c4ccc5c(c4)c4ccc6c7cc(-n8c9ccccc9c9ccccc98)ccc7oc6c4n5-c4ccccc4)n3)c2)cc1. The fourth-order valence-corrected chi connectivity index (χ4v) is 9.46. The monoisotopic (exact) mass is 805 g/mol. The molecular weight excluding hydrogens is 771 g/mol. The smallest absolute Gasteiger partial charge is 0.164 e. The molecule has 13 aromatic rings. The van der Waals surface area contributed by atoms with Crippen LogP contribution in [0.25, 0.3) is 122 Å². The van der Waals surface area contributed by atoms with Gasteiger partial charge in [0, 0.05) is 60.4 Å². The molecule has 0 fully saturated rings. The number of benzene rings is 9. The Bertz CT molecular complexity index is 3850. The average Bonchev–Trinajstić information content (AvgIpc) is 4.02. The number of hydrogen-bond acceptors (Lipinski definition) is 4. The minimum atomic E-state index is 0.605. The molecule has 9 aromatic carbocycles. The number of rotatable bonds is 6. The molecule has 0 aliphatic rings. The summed E-state index contributed by atoms with van der Waals surface area (Å²) in [6, 6.07) is 74.3. The zero-order chi connectivity index (χ0) is 41.4. The van der Waals surface area contributed by atoms with Gasteiger partial charge in [0.15, 0.2) is 23.1 Å². The van der Waals surface area contributed by atoms with E-state index in [-0.39, 0.29) is 0 Å². The van der Waals surface area contributed by atoms with Gasteiger partial charge in [0.25, 0.3) is 0 Å². The molecule has 0 spiro atoms. The van der Waals surface area contributed by atoms with Crippen LogP contribution in [0.15, 0.2) is 217 Å². The van der Waals surface area contributed by atoms with Gasteiger partial charge >= 0.3 is 0 Å². The second-order valence-electron chi connectivity index (χ2n) is 16.0. The van der Waals surface area contributed by atoms with E-state index in [4.69, 9.17) is 19.4 Å². The molecule has 0 saturated carbocycles. The highest BCUT2D eigenvalue weighted by Crippen LogP contribution is 2.43. The molecule has 0 N–H and O–H groups in total. The lowest BCUT2D eigenvalue weighted by molar-refractivity contribution is 0.671. The molecular formula is C57H35N5O. The quantitative estimate of drug-likeness (QED) is 0.168. The largest absolute Gasteiger partial charge is 0.454 e. The van der Waals surface area contributed by atoms with Crippen LogP contribution in [0, 0.1) is 0 Å². The summed E-state index contributed by atoms with van der Waals surface area (Å²) in [5.74, 6) is 1.85.